The second kappa shape index (κ2) is 7.35. The van der Waals surface area contributed by atoms with E-state index >= 15 is 0 Å². The minimum absolute atomic E-state index is 0.162. The van der Waals surface area contributed by atoms with E-state index in [4.69, 9.17) is 4.74 Å². The zero-order chi connectivity index (χ0) is 19.6. The number of rotatable bonds is 5. The number of esters is 1. The van der Waals surface area contributed by atoms with Crippen molar-refractivity contribution in [3.8, 4) is 0 Å². The molecule has 0 N–H and O–H groups in total. The fourth-order valence-corrected chi connectivity index (χ4v) is 3.18. The van der Waals surface area contributed by atoms with E-state index in [1.54, 1.807) is 24.3 Å². The van der Waals surface area contributed by atoms with Crippen LogP contribution < -0.4 is 0 Å². The lowest BCUT2D eigenvalue weighted by Gasteiger charge is -2.20. The predicted molar refractivity (Wildman–Crippen MR) is 102 cm³/mol. The van der Waals surface area contributed by atoms with E-state index in [0.29, 0.717) is 17.5 Å². The van der Waals surface area contributed by atoms with E-state index in [-0.39, 0.29) is 30.7 Å². The lowest BCUT2D eigenvalue weighted by molar-refractivity contribution is -0.153. The Morgan fingerprint density at radius 1 is 0.889 bits per heavy atom. The van der Waals surface area contributed by atoms with E-state index in [1.807, 2.05) is 45.0 Å². The molecule has 0 radical (unpaired) electrons. The monoisotopic (exact) mass is 365 g/mol. The van der Waals surface area contributed by atoms with Gasteiger partial charge in [-0.1, -0.05) is 36.4 Å². The Balaban J connectivity index is 1.70. The Morgan fingerprint density at radius 2 is 1.41 bits per heavy atom. The van der Waals surface area contributed by atoms with Gasteiger partial charge in [0.15, 0.2) is 0 Å². The first-order valence-electron chi connectivity index (χ1n) is 9.00. The summed E-state index contributed by atoms with van der Waals surface area (Å²) in [6, 6.07) is 14.4. The summed E-state index contributed by atoms with van der Waals surface area (Å²) in [5, 5.41) is 0. The van der Waals surface area contributed by atoms with E-state index in [0.717, 1.165) is 11.1 Å². The van der Waals surface area contributed by atoms with E-state index in [9.17, 15) is 14.4 Å². The van der Waals surface area contributed by atoms with Crippen LogP contribution in [-0.2, 0) is 22.4 Å². The molecule has 0 bridgehead atoms. The Labute approximate surface area is 158 Å². The number of hydrogen-bond donors (Lipinski definition) is 0. The van der Waals surface area contributed by atoms with Crippen LogP contribution >= 0.6 is 0 Å². The maximum atomic E-state index is 12.5. The first-order valence-corrected chi connectivity index (χ1v) is 9.00. The molecule has 0 unspecified atom stereocenters. The molecule has 27 heavy (non-hydrogen) atoms. The van der Waals surface area contributed by atoms with Gasteiger partial charge >= 0.3 is 5.97 Å². The molecule has 140 valence electrons. The highest BCUT2D eigenvalue weighted by molar-refractivity contribution is 6.21. The highest BCUT2D eigenvalue weighted by Gasteiger charge is 2.34. The first kappa shape index (κ1) is 18.8. The van der Waals surface area contributed by atoms with E-state index < -0.39 is 5.60 Å². The second-order valence-electron chi connectivity index (χ2n) is 7.59. The quantitative estimate of drug-likeness (QED) is 0.602. The normalized spacial score (nSPS) is 13.7. The standard InChI is InChI=1S/C22H23NO4/c1-22(2,3)27-19(24)14-16-9-5-4-8-15(16)12-13-23-20(25)17-10-6-7-11-18(17)21(23)26/h4-11H,12-14H2,1-3H3. The minimum atomic E-state index is -0.536. The van der Waals surface area contributed by atoms with Gasteiger partial charge in [0.2, 0.25) is 0 Å². The average Bonchev–Trinajstić information content (AvgIpc) is 2.84. The van der Waals surface area contributed by atoms with Crippen molar-refractivity contribution in [1.82, 2.24) is 4.90 Å². The lowest BCUT2D eigenvalue weighted by atomic mass is 10.0. The molecule has 0 saturated carbocycles. The number of carbonyl (C=O) groups is 3. The summed E-state index contributed by atoms with van der Waals surface area (Å²) in [6.07, 6.45) is 0.653. The molecule has 0 atom stereocenters. The highest BCUT2D eigenvalue weighted by atomic mass is 16.6. The van der Waals surface area contributed by atoms with Crippen LogP contribution in [0.2, 0.25) is 0 Å². The molecule has 0 spiro atoms. The van der Waals surface area contributed by atoms with Crippen molar-refractivity contribution in [1.29, 1.82) is 0 Å². The van der Waals surface area contributed by atoms with E-state index in [1.165, 1.54) is 4.90 Å². The Hall–Kier alpha value is -2.95. The molecule has 2 amide bonds. The Bertz CT molecular complexity index is 860. The number of fused-ring (bicyclic) bond motifs is 1. The summed E-state index contributed by atoms with van der Waals surface area (Å²) >= 11 is 0. The zero-order valence-electron chi connectivity index (χ0n) is 15.8. The number of hydrogen-bond acceptors (Lipinski definition) is 4. The molecule has 0 saturated heterocycles. The summed E-state index contributed by atoms with van der Waals surface area (Å²) in [5.74, 6) is -0.823. The number of nitrogens with zero attached hydrogens (tertiary/aromatic N) is 1. The summed E-state index contributed by atoms with van der Waals surface area (Å²) in [7, 11) is 0. The average molecular weight is 365 g/mol. The van der Waals surface area contributed by atoms with Gasteiger partial charge in [0.25, 0.3) is 11.8 Å². The van der Waals surface area contributed by atoms with Gasteiger partial charge in [-0.05, 0) is 50.5 Å². The van der Waals surface area contributed by atoms with Gasteiger partial charge in [0.1, 0.15) is 5.60 Å². The van der Waals surface area contributed by atoms with E-state index in [2.05, 4.69) is 0 Å². The molecule has 2 aromatic rings. The molecule has 1 aliphatic heterocycles. The molecular formula is C22H23NO4. The maximum Gasteiger partial charge on any atom is 0.310 e. The van der Waals surface area contributed by atoms with Gasteiger partial charge in [0, 0.05) is 6.54 Å². The van der Waals surface area contributed by atoms with Crippen LogP contribution in [0.5, 0.6) is 0 Å². The number of benzene rings is 2. The van der Waals surface area contributed by atoms with Crippen molar-refractivity contribution in [2.24, 2.45) is 0 Å². The van der Waals surface area contributed by atoms with Crippen molar-refractivity contribution < 1.29 is 19.1 Å². The molecule has 0 aromatic heterocycles. The van der Waals surface area contributed by atoms with Crippen LogP contribution in [0.3, 0.4) is 0 Å². The Kier molecular flexibility index (Phi) is 5.13. The SMILES string of the molecule is CC(C)(C)OC(=O)Cc1ccccc1CCN1C(=O)c2ccccc2C1=O. The van der Waals surface area contributed by atoms with Crippen LogP contribution in [-0.4, -0.2) is 34.8 Å². The zero-order valence-corrected chi connectivity index (χ0v) is 15.8. The molecule has 0 aliphatic carbocycles. The molecule has 5 heteroatoms. The van der Waals surface area contributed by atoms with Crippen molar-refractivity contribution in [3.05, 3.63) is 70.8 Å². The highest BCUT2D eigenvalue weighted by Crippen LogP contribution is 2.23. The first-order chi connectivity index (χ1) is 12.8. The molecular weight excluding hydrogens is 342 g/mol. The molecule has 2 aromatic carbocycles. The van der Waals surface area contributed by atoms with Crippen LogP contribution in [0.1, 0.15) is 52.6 Å². The van der Waals surface area contributed by atoms with Gasteiger partial charge in [-0.15, -0.1) is 0 Å². The molecule has 1 heterocycles. The summed E-state index contributed by atoms with van der Waals surface area (Å²) in [5.41, 5.74) is 2.14. The van der Waals surface area contributed by atoms with Crippen LogP contribution in [0.4, 0.5) is 0 Å². The summed E-state index contributed by atoms with van der Waals surface area (Å²) in [6.45, 7) is 5.77. The largest absolute Gasteiger partial charge is 0.460 e. The van der Waals surface area contributed by atoms with Crippen molar-refractivity contribution >= 4 is 17.8 Å². The third-order valence-electron chi connectivity index (χ3n) is 4.36. The number of ether oxygens (including phenoxy) is 1. The fraction of sp³-hybridized carbons (Fsp3) is 0.318. The number of amides is 2. The third kappa shape index (κ3) is 4.25. The Morgan fingerprint density at radius 3 is 1.96 bits per heavy atom. The van der Waals surface area contributed by atoms with Crippen LogP contribution in [0, 0.1) is 0 Å². The minimum Gasteiger partial charge on any atom is -0.460 e. The fourth-order valence-electron chi connectivity index (χ4n) is 3.18. The van der Waals surface area contributed by atoms with Crippen molar-refractivity contribution in [2.45, 2.75) is 39.2 Å². The summed E-state index contributed by atoms with van der Waals surface area (Å²) < 4.78 is 5.39. The molecule has 1 aliphatic rings. The van der Waals surface area contributed by atoms with Gasteiger partial charge in [-0.25, -0.2) is 0 Å². The number of imide groups is 1. The van der Waals surface area contributed by atoms with Crippen molar-refractivity contribution in [3.63, 3.8) is 0 Å². The van der Waals surface area contributed by atoms with Crippen LogP contribution in [0.15, 0.2) is 48.5 Å². The smallest absolute Gasteiger partial charge is 0.310 e. The van der Waals surface area contributed by atoms with Gasteiger partial charge in [-0.2, -0.15) is 0 Å². The van der Waals surface area contributed by atoms with Crippen molar-refractivity contribution in [2.75, 3.05) is 6.54 Å². The van der Waals surface area contributed by atoms with Gasteiger partial charge in [-0.3, -0.25) is 19.3 Å². The van der Waals surface area contributed by atoms with Crippen LogP contribution in [0.25, 0.3) is 0 Å². The third-order valence-corrected chi connectivity index (χ3v) is 4.36. The molecule has 3 rings (SSSR count). The lowest BCUT2D eigenvalue weighted by Crippen LogP contribution is -2.32. The molecule has 5 nitrogen and oxygen atoms in total. The van der Waals surface area contributed by atoms with Gasteiger partial charge < -0.3 is 4.74 Å². The maximum absolute atomic E-state index is 12.5. The predicted octanol–water partition coefficient (Wildman–Crippen LogP) is 3.41. The summed E-state index contributed by atoms with van der Waals surface area (Å²) in [4.78, 5) is 38.4. The van der Waals surface area contributed by atoms with Gasteiger partial charge in [0.05, 0.1) is 17.5 Å². The topological polar surface area (TPSA) is 63.7 Å². The molecule has 0 fully saturated rings. The number of carbonyl (C=O) groups excluding carboxylic acids is 3. The second-order valence-corrected chi connectivity index (χ2v) is 7.59.